The van der Waals surface area contributed by atoms with E-state index in [1.807, 2.05) is 6.92 Å². The quantitative estimate of drug-likeness (QED) is 0.614. The van der Waals surface area contributed by atoms with E-state index in [-0.39, 0.29) is 5.82 Å². The molecule has 1 aromatic rings. The molecule has 2 heteroatoms. The molecule has 0 amide bonds. The van der Waals surface area contributed by atoms with Crippen LogP contribution in [0.4, 0.5) is 4.39 Å². The van der Waals surface area contributed by atoms with Crippen molar-refractivity contribution in [2.24, 2.45) is 0 Å². The van der Waals surface area contributed by atoms with Crippen molar-refractivity contribution < 1.29 is 4.39 Å². The average molecular weight is 203 g/mol. The lowest BCUT2D eigenvalue weighted by molar-refractivity contribution is 0.627. The molecular formula is C8H8BrF. The van der Waals surface area contributed by atoms with Crippen LogP contribution in [0.2, 0.25) is 0 Å². The first-order valence-electron chi connectivity index (χ1n) is 3.09. The van der Waals surface area contributed by atoms with Gasteiger partial charge < -0.3 is 0 Å². The molecule has 0 aliphatic rings. The van der Waals surface area contributed by atoms with Crippen molar-refractivity contribution in [1.29, 1.82) is 0 Å². The van der Waals surface area contributed by atoms with Gasteiger partial charge in [0.2, 0.25) is 0 Å². The van der Waals surface area contributed by atoms with Gasteiger partial charge in [0.05, 0.1) is 0 Å². The van der Waals surface area contributed by atoms with E-state index >= 15 is 0 Å². The average Bonchev–Trinajstić information content (AvgIpc) is 1.88. The number of hydrogen-bond acceptors (Lipinski definition) is 0. The SMILES string of the molecule is C[C@@H](Br)c1ccc(F)cc1. The molecule has 0 aliphatic heterocycles. The molecule has 0 aromatic heterocycles. The Hall–Kier alpha value is -0.370. The van der Waals surface area contributed by atoms with Crippen LogP contribution < -0.4 is 0 Å². The van der Waals surface area contributed by atoms with Crippen molar-refractivity contribution in [3.05, 3.63) is 35.6 Å². The van der Waals surface area contributed by atoms with Crippen molar-refractivity contribution in [1.82, 2.24) is 0 Å². The second kappa shape index (κ2) is 3.15. The van der Waals surface area contributed by atoms with E-state index in [9.17, 15) is 4.39 Å². The van der Waals surface area contributed by atoms with Crippen LogP contribution in [0.5, 0.6) is 0 Å². The largest absolute Gasteiger partial charge is 0.207 e. The maximum atomic E-state index is 12.3. The maximum Gasteiger partial charge on any atom is 0.123 e. The third kappa shape index (κ3) is 1.81. The summed E-state index contributed by atoms with van der Waals surface area (Å²) < 4.78 is 12.3. The second-order valence-corrected chi connectivity index (χ2v) is 3.54. The summed E-state index contributed by atoms with van der Waals surface area (Å²) in [6.45, 7) is 2.01. The third-order valence-electron chi connectivity index (χ3n) is 1.33. The zero-order valence-electron chi connectivity index (χ0n) is 5.64. The number of halogens is 2. The monoisotopic (exact) mass is 202 g/mol. The molecule has 1 atom stereocenters. The molecule has 0 spiro atoms. The Balaban J connectivity index is 2.89. The molecule has 0 heterocycles. The molecule has 0 unspecified atom stereocenters. The van der Waals surface area contributed by atoms with E-state index in [4.69, 9.17) is 0 Å². The lowest BCUT2D eigenvalue weighted by Crippen LogP contribution is -1.82. The third-order valence-corrected chi connectivity index (χ3v) is 1.86. The maximum absolute atomic E-state index is 12.3. The minimum atomic E-state index is -0.183. The van der Waals surface area contributed by atoms with Gasteiger partial charge in [0, 0.05) is 4.83 Å². The van der Waals surface area contributed by atoms with E-state index in [2.05, 4.69) is 15.9 Å². The summed E-state index contributed by atoms with van der Waals surface area (Å²) in [5.74, 6) is -0.183. The van der Waals surface area contributed by atoms with Gasteiger partial charge in [-0.25, -0.2) is 4.39 Å². The molecular weight excluding hydrogens is 195 g/mol. The van der Waals surface area contributed by atoms with Gasteiger partial charge in [0.15, 0.2) is 0 Å². The van der Waals surface area contributed by atoms with Crippen molar-refractivity contribution in [2.75, 3.05) is 0 Å². The smallest absolute Gasteiger partial charge is 0.123 e. The highest BCUT2D eigenvalue weighted by atomic mass is 79.9. The molecule has 0 saturated carbocycles. The normalized spacial score (nSPS) is 13.1. The van der Waals surface area contributed by atoms with Gasteiger partial charge in [0.1, 0.15) is 5.82 Å². The van der Waals surface area contributed by atoms with Crippen LogP contribution in [0.25, 0.3) is 0 Å². The molecule has 0 N–H and O–H groups in total. The van der Waals surface area contributed by atoms with Crippen LogP contribution in [0.15, 0.2) is 24.3 Å². The molecule has 1 rings (SSSR count). The Morgan fingerprint density at radius 2 is 1.80 bits per heavy atom. The summed E-state index contributed by atoms with van der Waals surface area (Å²) >= 11 is 3.38. The predicted molar refractivity (Wildman–Crippen MR) is 43.7 cm³/mol. The van der Waals surface area contributed by atoms with E-state index in [1.54, 1.807) is 12.1 Å². The van der Waals surface area contributed by atoms with Gasteiger partial charge >= 0.3 is 0 Å². The number of alkyl halides is 1. The predicted octanol–water partition coefficient (Wildman–Crippen LogP) is 3.28. The van der Waals surface area contributed by atoms with Gasteiger partial charge in [-0.15, -0.1) is 0 Å². The molecule has 0 radical (unpaired) electrons. The summed E-state index contributed by atoms with van der Waals surface area (Å²) in [6, 6.07) is 6.48. The fourth-order valence-corrected chi connectivity index (χ4v) is 1.03. The Morgan fingerprint density at radius 1 is 1.30 bits per heavy atom. The summed E-state index contributed by atoms with van der Waals surface area (Å²) in [7, 11) is 0. The topological polar surface area (TPSA) is 0 Å². The minimum Gasteiger partial charge on any atom is -0.207 e. The molecule has 0 saturated heterocycles. The Labute approximate surface area is 68.2 Å². The zero-order chi connectivity index (χ0) is 7.56. The van der Waals surface area contributed by atoms with Crippen molar-refractivity contribution in [3.8, 4) is 0 Å². The Bertz CT molecular complexity index is 203. The van der Waals surface area contributed by atoms with Crippen molar-refractivity contribution in [2.45, 2.75) is 11.8 Å². The van der Waals surface area contributed by atoms with Crippen LogP contribution in [-0.4, -0.2) is 0 Å². The number of rotatable bonds is 1. The molecule has 1 aromatic carbocycles. The van der Waals surface area contributed by atoms with Gasteiger partial charge in [-0.1, -0.05) is 28.1 Å². The minimum absolute atomic E-state index is 0.183. The number of benzene rings is 1. The van der Waals surface area contributed by atoms with Gasteiger partial charge in [0.25, 0.3) is 0 Å². The van der Waals surface area contributed by atoms with Gasteiger partial charge in [-0.3, -0.25) is 0 Å². The molecule has 0 aliphatic carbocycles. The van der Waals surface area contributed by atoms with Crippen LogP contribution in [0.1, 0.15) is 17.3 Å². The van der Waals surface area contributed by atoms with Crippen LogP contribution in [-0.2, 0) is 0 Å². The highest BCUT2D eigenvalue weighted by Crippen LogP contribution is 2.20. The molecule has 10 heavy (non-hydrogen) atoms. The van der Waals surface area contributed by atoms with Crippen LogP contribution >= 0.6 is 15.9 Å². The summed E-state index contributed by atoms with van der Waals surface area (Å²) in [5.41, 5.74) is 1.10. The fraction of sp³-hybridized carbons (Fsp3) is 0.250. The first-order valence-corrected chi connectivity index (χ1v) is 4.01. The van der Waals surface area contributed by atoms with Crippen LogP contribution in [0, 0.1) is 5.82 Å². The number of hydrogen-bond donors (Lipinski definition) is 0. The van der Waals surface area contributed by atoms with Gasteiger partial charge in [-0.05, 0) is 24.6 Å². The van der Waals surface area contributed by atoms with E-state index in [0.29, 0.717) is 4.83 Å². The van der Waals surface area contributed by atoms with Gasteiger partial charge in [-0.2, -0.15) is 0 Å². The highest BCUT2D eigenvalue weighted by Gasteiger charge is 1.98. The standard InChI is InChI=1S/C8H8BrF/c1-6(9)7-2-4-8(10)5-3-7/h2-6H,1H3/t6-/m1/s1. The molecule has 54 valence electrons. The summed E-state index contributed by atoms with van der Waals surface area (Å²) in [5, 5.41) is 0. The molecule has 0 bridgehead atoms. The highest BCUT2D eigenvalue weighted by molar-refractivity contribution is 9.09. The van der Waals surface area contributed by atoms with Crippen molar-refractivity contribution in [3.63, 3.8) is 0 Å². The Kier molecular flexibility index (Phi) is 2.44. The first kappa shape index (κ1) is 7.73. The fourth-order valence-electron chi connectivity index (χ4n) is 0.728. The second-order valence-electron chi connectivity index (χ2n) is 2.17. The lowest BCUT2D eigenvalue weighted by Gasteiger charge is -2.00. The zero-order valence-corrected chi connectivity index (χ0v) is 7.23. The first-order chi connectivity index (χ1) is 4.70. The summed E-state index contributed by atoms with van der Waals surface area (Å²) in [4.78, 5) is 0.299. The Morgan fingerprint density at radius 3 is 2.20 bits per heavy atom. The lowest BCUT2D eigenvalue weighted by atomic mass is 10.2. The summed E-state index contributed by atoms with van der Waals surface area (Å²) in [6.07, 6.45) is 0. The molecule has 0 nitrogen and oxygen atoms in total. The van der Waals surface area contributed by atoms with E-state index in [1.165, 1.54) is 12.1 Å². The van der Waals surface area contributed by atoms with Crippen molar-refractivity contribution >= 4 is 15.9 Å². The van der Waals surface area contributed by atoms with Crippen LogP contribution in [0.3, 0.4) is 0 Å². The van der Waals surface area contributed by atoms with E-state index < -0.39 is 0 Å². The molecule has 0 fully saturated rings. The van der Waals surface area contributed by atoms with E-state index in [0.717, 1.165) is 5.56 Å².